The maximum Gasteiger partial charge on any atom is 0.0490 e. The molecule has 0 atom stereocenters. The summed E-state index contributed by atoms with van der Waals surface area (Å²) in [4.78, 5) is 0. The monoisotopic (exact) mass is 232 g/mol. The summed E-state index contributed by atoms with van der Waals surface area (Å²) in [5.74, 6) is 0. The second-order valence-corrected chi connectivity index (χ2v) is 5.86. The minimum atomic E-state index is 0.198. The van der Waals surface area contributed by atoms with Crippen molar-refractivity contribution in [2.24, 2.45) is 5.41 Å². The first-order chi connectivity index (χ1) is 7.83. The molecule has 0 spiro atoms. The van der Waals surface area contributed by atoms with E-state index < -0.39 is 0 Å². The van der Waals surface area contributed by atoms with E-state index in [-0.39, 0.29) is 5.41 Å². The van der Waals surface area contributed by atoms with E-state index in [0.717, 1.165) is 6.42 Å². The SMILES string of the molecule is OCC1(Cc2csc3ccccc23)CCC1. The van der Waals surface area contributed by atoms with Crippen LogP contribution in [0.15, 0.2) is 29.6 Å². The van der Waals surface area contributed by atoms with Gasteiger partial charge in [-0.05, 0) is 47.1 Å². The third kappa shape index (κ3) is 1.57. The molecule has 0 aliphatic heterocycles. The van der Waals surface area contributed by atoms with Crippen LogP contribution in [-0.2, 0) is 6.42 Å². The molecule has 1 fully saturated rings. The lowest BCUT2D eigenvalue weighted by Gasteiger charge is -2.40. The number of hydrogen-bond donors (Lipinski definition) is 1. The average Bonchev–Trinajstić information content (AvgIpc) is 2.67. The maximum atomic E-state index is 9.51. The van der Waals surface area contributed by atoms with Gasteiger partial charge in [0.2, 0.25) is 0 Å². The minimum absolute atomic E-state index is 0.198. The Morgan fingerprint density at radius 2 is 2.06 bits per heavy atom. The van der Waals surface area contributed by atoms with Gasteiger partial charge in [-0.1, -0.05) is 24.6 Å². The molecule has 0 bridgehead atoms. The van der Waals surface area contributed by atoms with Crippen LogP contribution in [-0.4, -0.2) is 11.7 Å². The molecule has 84 valence electrons. The summed E-state index contributed by atoms with van der Waals surface area (Å²) in [6.07, 6.45) is 4.71. The van der Waals surface area contributed by atoms with E-state index in [2.05, 4.69) is 29.6 Å². The van der Waals surface area contributed by atoms with E-state index in [1.807, 2.05) is 11.3 Å². The molecule has 0 amide bonds. The highest BCUT2D eigenvalue weighted by atomic mass is 32.1. The molecule has 1 aliphatic rings. The highest BCUT2D eigenvalue weighted by molar-refractivity contribution is 7.17. The fourth-order valence-electron chi connectivity index (χ4n) is 2.64. The second-order valence-electron chi connectivity index (χ2n) is 4.95. The first-order valence-electron chi connectivity index (χ1n) is 5.89. The summed E-state index contributed by atoms with van der Waals surface area (Å²) in [5, 5.41) is 13.2. The van der Waals surface area contributed by atoms with Gasteiger partial charge in [-0.2, -0.15) is 0 Å². The summed E-state index contributed by atoms with van der Waals surface area (Å²) < 4.78 is 1.37. The Balaban J connectivity index is 1.94. The molecule has 1 N–H and O–H groups in total. The van der Waals surface area contributed by atoms with Crippen molar-refractivity contribution in [3.63, 3.8) is 0 Å². The number of hydrogen-bond acceptors (Lipinski definition) is 2. The molecule has 0 radical (unpaired) electrons. The molecule has 0 saturated heterocycles. The van der Waals surface area contributed by atoms with Crippen LogP contribution in [0, 0.1) is 5.41 Å². The van der Waals surface area contributed by atoms with E-state index in [4.69, 9.17) is 0 Å². The van der Waals surface area contributed by atoms with Crippen LogP contribution in [0.5, 0.6) is 0 Å². The third-order valence-corrected chi connectivity index (χ3v) is 4.89. The summed E-state index contributed by atoms with van der Waals surface area (Å²) in [6.45, 7) is 0.344. The molecule has 1 heterocycles. The Bertz CT molecular complexity index is 491. The van der Waals surface area contributed by atoms with Crippen molar-refractivity contribution >= 4 is 21.4 Å². The zero-order chi connectivity index (χ0) is 11.0. The Labute approximate surface area is 99.7 Å². The van der Waals surface area contributed by atoms with Gasteiger partial charge in [0.15, 0.2) is 0 Å². The topological polar surface area (TPSA) is 20.2 Å². The molecular formula is C14H16OS. The number of rotatable bonds is 3. The lowest BCUT2D eigenvalue weighted by atomic mass is 9.66. The van der Waals surface area contributed by atoms with Crippen LogP contribution in [0.4, 0.5) is 0 Å². The zero-order valence-corrected chi connectivity index (χ0v) is 10.1. The average molecular weight is 232 g/mol. The summed E-state index contributed by atoms with van der Waals surface area (Å²) >= 11 is 1.82. The van der Waals surface area contributed by atoms with Crippen molar-refractivity contribution in [3.8, 4) is 0 Å². The lowest BCUT2D eigenvalue weighted by molar-refractivity contribution is 0.0454. The third-order valence-electron chi connectivity index (χ3n) is 3.88. The van der Waals surface area contributed by atoms with Crippen LogP contribution in [0.3, 0.4) is 0 Å². The van der Waals surface area contributed by atoms with Gasteiger partial charge in [-0.3, -0.25) is 0 Å². The molecule has 16 heavy (non-hydrogen) atoms. The fraction of sp³-hybridized carbons (Fsp3) is 0.429. The van der Waals surface area contributed by atoms with E-state index in [1.54, 1.807) is 0 Å². The van der Waals surface area contributed by atoms with Gasteiger partial charge in [-0.15, -0.1) is 11.3 Å². The van der Waals surface area contributed by atoms with Crippen LogP contribution in [0.1, 0.15) is 24.8 Å². The van der Waals surface area contributed by atoms with Crippen molar-refractivity contribution in [2.45, 2.75) is 25.7 Å². The van der Waals surface area contributed by atoms with E-state index >= 15 is 0 Å². The van der Waals surface area contributed by atoms with Crippen molar-refractivity contribution < 1.29 is 5.11 Å². The van der Waals surface area contributed by atoms with Crippen molar-refractivity contribution in [2.75, 3.05) is 6.61 Å². The van der Waals surface area contributed by atoms with Crippen molar-refractivity contribution in [3.05, 3.63) is 35.2 Å². The number of aliphatic hydroxyl groups is 1. The Morgan fingerprint density at radius 3 is 2.75 bits per heavy atom. The summed E-state index contributed by atoms with van der Waals surface area (Å²) in [7, 11) is 0. The molecule has 1 aliphatic carbocycles. The maximum absolute atomic E-state index is 9.51. The van der Waals surface area contributed by atoms with Gasteiger partial charge in [0.1, 0.15) is 0 Å². The van der Waals surface area contributed by atoms with Gasteiger partial charge in [0.25, 0.3) is 0 Å². The number of thiophene rings is 1. The van der Waals surface area contributed by atoms with Gasteiger partial charge in [0, 0.05) is 11.3 Å². The molecule has 1 aromatic heterocycles. The van der Waals surface area contributed by atoms with Crippen molar-refractivity contribution in [1.29, 1.82) is 0 Å². The standard InChI is InChI=1S/C14H16OS/c15-10-14(6-3-7-14)8-11-9-16-13-5-2-1-4-12(11)13/h1-2,4-5,9,15H,3,6-8,10H2. The van der Waals surface area contributed by atoms with E-state index in [9.17, 15) is 5.11 Å². The molecule has 0 unspecified atom stereocenters. The number of benzene rings is 1. The van der Waals surface area contributed by atoms with Crippen molar-refractivity contribution in [1.82, 2.24) is 0 Å². The first-order valence-corrected chi connectivity index (χ1v) is 6.77. The molecule has 1 aromatic carbocycles. The fourth-order valence-corrected chi connectivity index (χ4v) is 3.60. The molecule has 2 aromatic rings. The molecule has 2 heteroatoms. The van der Waals surface area contributed by atoms with Gasteiger partial charge >= 0.3 is 0 Å². The quantitative estimate of drug-likeness (QED) is 0.857. The van der Waals surface area contributed by atoms with Gasteiger partial charge in [0.05, 0.1) is 0 Å². The normalized spacial score (nSPS) is 18.6. The molecular weight excluding hydrogens is 216 g/mol. The predicted octanol–water partition coefficient (Wildman–Crippen LogP) is 3.61. The Kier molecular flexibility index (Phi) is 2.49. The summed E-state index contributed by atoms with van der Waals surface area (Å²) in [6, 6.07) is 8.57. The van der Waals surface area contributed by atoms with Gasteiger partial charge < -0.3 is 5.11 Å². The number of fused-ring (bicyclic) bond motifs is 1. The smallest absolute Gasteiger partial charge is 0.0490 e. The zero-order valence-electron chi connectivity index (χ0n) is 9.28. The minimum Gasteiger partial charge on any atom is -0.396 e. The summed E-state index contributed by atoms with van der Waals surface area (Å²) in [5.41, 5.74) is 1.62. The van der Waals surface area contributed by atoms with Crippen LogP contribution in [0.2, 0.25) is 0 Å². The Morgan fingerprint density at radius 1 is 1.25 bits per heavy atom. The highest BCUT2D eigenvalue weighted by Crippen LogP contribution is 2.44. The second kappa shape index (κ2) is 3.86. The van der Waals surface area contributed by atoms with Crippen LogP contribution in [0.25, 0.3) is 10.1 Å². The molecule has 1 nitrogen and oxygen atoms in total. The largest absolute Gasteiger partial charge is 0.396 e. The van der Waals surface area contributed by atoms with Crippen LogP contribution < -0.4 is 0 Å². The lowest BCUT2D eigenvalue weighted by Crippen LogP contribution is -2.35. The van der Waals surface area contributed by atoms with E-state index in [0.29, 0.717) is 6.61 Å². The Hall–Kier alpha value is -0.860. The molecule has 1 saturated carbocycles. The van der Waals surface area contributed by atoms with E-state index in [1.165, 1.54) is 34.9 Å². The van der Waals surface area contributed by atoms with Crippen LogP contribution >= 0.6 is 11.3 Å². The number of aliphatic hydroxyl groups excluding tert-OH is 1. The first kappa shape index (κ1) is 10.3. The predicted molar refractivity (Wildman–Crippen MR) is 68.9 cm³/mol. The van der Waals surface area contributed by atoms with Gasteiger partial charge in [-0.25, -0.2) is 0 Å². The highest BCUT2D eigenvalue weighted by Gasteiger charge is 2.36. The molecule has 3 rings (SSSR count).